The Labute approximate surface area is 110 Å². The van der Waals surface area contributed by atoms with Gasteiger partial charge in [-0.3, -0.25) is 4.79 Å². The monoisotopic (exact) mass is 254 g/mol. The summed E-state index contributed by atoms with van der Waals surface area (Å²) >= 11 is 0. The molecular weight excluding hydrogens is 228 g/mol. The number of carbonyl (C=O) groups excluding carboxylic acids is 1. The summed E-state index contributed by atoms with van der Waals surface area (Å²) in [6.07, 6.45) is 5.51. The maximum Gasteiger partial charge on any atom is 0.308 e. The Balaban J connectivity index is 1.63. The highest BCUT2D eigenvalue weighted by Gasteiger charge is 2.27. The molecule has 2 aliphatic rings. The molecular formula is C14H26N2O2. The van der Waals surface area contributed by atoms with Gasteiger partial charge in [0.15, 0.2) is 0 Å². The van der Waals surface area contributed by atoms with Gasteiger partial charge in [0.25, 0.3) is 0 Å². The number of likely N-dealkylation sites (tertiary alicyclic amines) is 1. The summed E-state index contributed by atoms with van der Waals surface area (Å²) < 4.78 is 4.81. The van der Waals surface area contributed by atoms with Gasteiger partial charge in [-0.15, -0.1) is 0 Å². The Kier molecular flexibility index (Phi) is 5.01. The van der Waals surface area contributed by atoms with Crippen molar-refractivity contribution in [2.45, 2.75) is 38.1 Å². The summed E-state index contributed by atoms with van der Waals surface area (Å²) in [6.45, 7) is 3.60. The van der Waals surface area contributed by atoms with E-state index >= 15 is 0 Å². The van der Waals surface area contributed by atoms with Gasteiger partial charge in [-0.25, -0.2) is 0 Å². The van der Waals surface area contributed by atoms with Crippen molar-refractivity contribution in [1.82, 2.24) is 10.2 Å². The lowest BCUT2D eigenvalue weighted by Crippen LogP contribution is -2.38. The van der Waals surface area contributed by atoms with Crippen molar-refractivity contribution in [3.63, 3.8) is 0 Å². The topological polar surface area (TPSA) is 41.6 Å². The quantitative estimate of drug-likeness (QED) is 0.767. The van der Waals surface area contributed by atoms with Crippen LogP contribution in [0.2, 0.25) is 0 Å². The lowest BCUT2D eigenvalue weighted by Gasteiger charge is -2.28. The van der Waals surface area contributed by atoms with Gasteiger partial charge in [0.2, 0.25) is 0 Å². The molecule has 4 nitrogen and oxygen atoms in total. The fourth-order valence-corrected chi connectivity index (χ4v) is 3.23. The number of hydrogen-bond donors (Lipinski definition) is 1. The molecule has 18 heavy (non-hydrogen) atoms. The first-order valence-corrected chi connectivity index (χ1v) is 7.18. The Morgan fingerprint density at radius 2 is 2.00 bits per heavy atom. The maximum absolute atomic E-state index is 11.4. The third-order valence-corrected chi connectivity index (χ3v) is 4.45. The first kappa shape index (κ1) is 13.8. The Morgan fingerprint density at radius 3 is 2.56 bits per heavy atom. The maximum atomic E-state index is 11.4. The minimum absolute atomic E-state index is 0.0223. The summed E-state index contributed by atoms with van der Waals surface area (Å²) in [7, 11) is 3.69. The highest BCUT2D eigenvalue weighted by atomic mass is 16.5. The number of rotatable bonds is 4. The second-order valence-corrected chi connectivity index (χ2v) is 5.90. The highest BCUT2D eigenvalue weighted by molar-refractivity contribution is 5.72. The Morgan fingerprint density at radius 1 is 1.28 bits per heavy atom. The zero-order valence-electron chi connectivity index (χ0n) is 11.7. The molecule has 1 unspecified atom stereocenters. The van der Waals surface area contributed by atoms with Crippen LogP contribution in [0, 0.1) is 11.8 Å². The minimum atomic E-state index is -0.0223. The number of nitrogens with one attached hydrogen (secondary N) is 1. The molecule has 1 heterocycles. The highest BCUT2D eigenvalue weighted by Crippen LogP contribution is 2.25. The third kappa shape index (κ3) is 3.69. The molecule has 0 aromatic rings. The average Bonchev–Trinajstić information content (AvgIpc) is 2.82. The molecule has 4 heteroatoms. The fraction of sp³-hybridized carbons (Fsp3) is 0.929. The van der Waals surface area contributed by atoms with Gasteiger partial charge in [0, 0.05) is 12.6 Å². The van der Waals surface area contributed by atoms with Crippen LogP contribution >= 0.6 is 0 Å². The number of hydrogen-bond acceptors (Lipinski definition) is 4. The molecule has 0 spiro atoms. The van der Waals surface area contributed by atoms with E-state index in [-0.39, 0.29) is 11.9 Å². The normalized spacial score (nSPS) is 33.6. The molecule has 0 radical (unpaired) electrons. The van der Waals surface area contributed by atoms with Gasteiger partial charge in [-0.2, -0.15) is 0 Å². The van der Waals surface area contributed by atoms with Crippen molar-refractivity contribution in [2.24, 2.45) is 11.8 Å². The molecule has 0 amide bonds. The van der Waals surface area contributed by atoms with E-state index in [0.717, 1.165) is 38.1 Å². The van der Waals surface area contributed by atoms with Gasteiger partial charge in [0.05, 0.1) is 13.0 Å². The Bertz CT molecular complexity index is 275. The number of methoxy groups -OCH3 is 1. The van der Waals surface area contributed by atoms with Crippen LogP contribution in [-0.4, -0.2) is 50.7 Å². The molecule has 104 valence electrons. The molecule has 2 rings (SSSR count). The molecule has 1 N–H and O–H groups in total. The van der Waals surface area contributed by atoms with Crippen molar-refractivity contribution in [2.75, 3.05) is 33.8 Å². The fourth-order valence-electron chi connectivity index (χ4n) is 3.23. The van der Waals surface area contributed by atoms with Crippen molar-refractivity contribution >= 4 is 5.97 Å². The minimum Gasteiger partial charge on any atom is -0.469 e. The molecule has 0 aromatic heterocycles. The van der Waals surface area contributed by atoms with E-state index in [9.17, 15) is 4.79 Å². The van der Waals surface area contributed by atoms with Crippen LogP contribution in [0.5, 0.6) is 0 Å². The number of nitrogens with zero attached hydrogens (tertiary/aromatic N) is 1. The predicted octanol–water partition coefficient (Wildman–Crippen LogP) is 1.26. The van der Waals surface area contributed by atoms with Gasteiger partial charge in [-0.05, 0) is 58.2 Å². The number of carbonyl (C=O) groups is 1. The van der Waals surface area contributed by atoms with Crippen molar-refractivity contribution in [3.05, 3.63) is 0 Å². The lowest BCUT2D eigenvalue weighted by atomic mass is 9.86. The predicted molar refractivity (Wildman–Crippen MR) is 71.4 cm³/mol. The molecule has 1 aliphatic carbocycles. The van der Waals surface area contributed by atoms with E-state index < -0.39 is 0 Å². The van der Waals surface area contributed by atoms with Gasteiger partial charge >= 0.3 is 5.97 Å². The van der Waals surface area contributed by atoms with Gasteiger partial charge < -0.3 is 15.0 Å². The summed E-state index contributed by atoms with van der Waals surface area (Å²) in [5.74, 6) is 0.935. The summed E-state index contributed by atoms with van der Waals surface area (Å²) in [5, 5.41) is 3.68. The van der Waals surface area contributed by atoms with Crippen molar-refractivity contribution in [3.8, 4) is 0 Å². The lowest BCUT2D eigenvalue weighted by molar-refractivity contribution is -0.146. The van der Waals surface area contributed by atoms with Gasteiger partial charge in [-0.1, -0.05) is 0 Å². The zero-order valence-corrected chi connectivity index (χ0v) is 11.7. The molecule has 0 aromatic carbocycles. The third-order valence-electron chi connectivity index (χ3n) is 4.45. The van der Waals surface area contributed by atoms with Crippen LogP contribution < -0.4 is 5.32 Å². The second kappa shape index (κ2) is 6.53. The molecule has 1 saturated heterocycles. The SMILES string of the molecule is COC(=O)C1CCC(NCC2CCN(C)C2)CC1. The molecule has 1 aliphatic heterocycles. The van der Waals surface area contributed by atoms with E-state index in [4.69, 9.17) is 4.74 Å². The largest absolute Gasteiger partial charge is 0.469 e. The first-order chi connectivity index (χ1) is 8.69. The van der Waals surface area contributed by atoms with E-state index in [1.54, 1.807) is 0 Å². The van der Waals surface area contributed by atoms with Crippen LogP contribution in [0.4, 0.5) is 0 Å². The molecule has 0 bridgehead atoms. The van der Waals surface area contributed by atoms with Crippen molar-refractivity contribution < 1.29 is 9.53 Å². The second-order valence-electron chi connectivity index (χ2n) is 5.90. The van der Waals surface area contributed by atoms with E-state index in [1.807, 2.05) is 0 Å². The van der Waals surface area contributed by atoms with E-state index in [0.29, 0.717) is 6.04 Å². The van der Waals surface area contributed by atoms with Crippen LogP contribution in [0.25, 0.3) is 0 Å². The van der Waals surface area contributed by atoms with Gasteiger partial charge in [0.1, 0.15) is 0 Å². The zero-order chi connectivity index (χ0) is 13.0. The van der Waals surface area contributed by atoms with Crippen LogP contribution in [0.3, 0.4) is 0 Å². The van der Waals surface area contributed by atoms with E-state index in [1.165, 1.54) is 26.6 Å². The smallest absolute Gasteiger partial charge is 0.308 e. The average molecular weight is 254 g/mol. The number of ether oxygens (including phenoxy) is 1. The number of esters is 1. The molecule has 2 fully saturated rings. The van der Waals surface area contributed by atoms with Crippen molar-refractivity contribution in [1.29, 1.82) is 0 Å². The van der Waals surface area contributed by atoms with Crippen LogP contribution in [-0.2, 0) is 9.53 Å². The van der Waals surface area contributed by atoms with Crippen LogP contribution in [0.15, 0.2) is 0 Å². The summed E-state index contributed by atoms with van der Waals surface area (Å²) in [6, 6.07) is 0.608. The molecule has 1 atom stereocenters. The van der Waals surface area contributed by atoms with E-state index in [2.05, 4.69) is 17.3 Å². The van der Waals surface area contributed by atoms with Crippen LogP contribution in [0.1, 0.15) is 32.1 Å². The summed E-state index contributed by atoms with van der Waals surface area (Å²) in [4.78, 5) is 13.8. The Hall–Kier alpha value is -0.610. The summed E-state index contributed by atoms with van der Waals surface area (Å²) in [5.41, 5.74) is 0. The standard InChI is InChI=1S/C14H26N2O2/c1-16-8-7-11(10-16)9-15-13-5-3-12(4-6-13)14(17)18-2/h11-13,15H,3-10H2,1-2H3. The first-order valence-electron chi connectivity index (χ1n) is 7.18. The molecule has 1 saturated carbocycles.